The third-order valence-corrected chi connectivity index (χ3v) is 3.57. The van der Waals surface area contributed by atoms with Crippen molar-refractivity contribution in [2.75, 3.05) is 16.8 Å². The summed E-state index contributed by atoms with van der Waals surface area (Å²) >= 11 is 0.953. The van der Waals surface area contributed by atoms with Crippen molar-refractivity contribution in [3.8, 4) is 0 Å². The number of hydrogen-bond donors (Lipinski definition) is 2. The zero-order valence-corrected chi connectivity index (χ0v) is 11.5. The highest BCUT2D eigenvalue weighted by molar-refractivity contribution is 8.00. The van der Waals surface area contributed by atoms with Crippen LogP contribution in [0.2, 0.25) is 0 Å². The normalized spacial score (nSPS) is 10.4. The average molecular weight is 312 g/mol. The summed E-state index contributed by atoms with van der Waals surface area (Å²) in [6, 6.07) is 6.95. The molecule has 0 aliphatic rings. The van der Waals surface area contributed by atoms with E-state index in [9.17, 15) is 18.0 Å². The molecule has 0 atom stereocenters. The van der Waals surface area contributed by atoms with Crippen molar-refractivity contribution in [2.45, 2.75) is 4.90 Å². The van der Waals surface area contributed by atoms with E-state index in [-0.39, 0.29) is 22.0 Å². The minimum absolute atomic E-state index is 0.113. The molecule has 110 valence electrons. The monoisotopic (exact) mass is 312 g/mol. The van der Waals surface area contributed by atoms with Crippen molar-refractivity contribution in [3.63, 3.8) is 0 Å². The van der Waals surface area contributed by atoms with Crippen LogP contribution in [-0.4, -0.2) is 11.7 Å². The Hall–Kier alpha value is -2.15. The molecule has 2 aromatic carbocycles. The van der Waals surface area contributed by atoms with Gasteiger partial charge in [0.25, 0.3) is 0 Å². The lowest BCUT2D eigenvalue weighted by Gasteiger charge is -2.07. The third-order valence-electron chi connectivity index (χ3n) is 2.52. The quantitative estimate of drug-likeness (QED) is 0.672. The maximum absolute atomic E-state index is 13.5. The number of carbonyl (C=O) groups is 1. The lowest BCUT2D eigenvalue weighted by molar-refractivity contribution is -0.113. The molecule has 3 N–H and O–H groups in total. The lowest BCUT2D eigenvalue weighted by atomic mass is 10.3. The molecule has 0 unspecified atom stereocenters. The van der Waals surface area contributed by atoms with Crippen LogP contribution in [0.1, 0.15) is 0 Å². The molecule has 1 amide bonds. The second kappa shape index (κ2) is 6.53. The summed E-state index contributed by atoms with van der Waals surface area (Å²) in [6.07, 6.45) is 0. The fourth-order valence-corrected chi connectivity index (χ4v) is 2.27. The van der Waals surface area contributed by atoms with E-state index in [0.717, 1.165) is 30.0 Å². The molecule has 0 fully saturated rings. The summed E-state index contributed by atoms with van der Waals surface area (Å²) in [5.74, 6) is -2.77. The predicted molar refractivity (Wildman–Crippen MR) is 76.5 cm³/mol. The van der Waals surface area contributed by atoms with Gasteiger partial charge in [-0.25, -0.2) is 13.2 Å². The van der Waals surface area contributed by atoms with E-state index in [1.54, 1.807) is 0 Å². The summed E-state index contributed by atoms with van der Waals surface area (Å²) < 4.78 is 39.6. The number of thioether (sulfide) groups is 1. The highest BCUT2D eigenvalue weighted by Crippen LogP contribution is 2.24. The van der Waals surface area contributed by atoms with E-state index in [4.69, 9.17) is 5.73 Å². The molecule has 3 nitrogen and oxygen atoms in total. The van der Waals surface area contributed by atoms with Crippen molar-refractivity contribution in [2.24, 2.45) is 0 Å². The van der Waals surface area contributed by atoms with Crippen LogP contribution in [0.5, 0.6) is 0 Å². The second-order valence-electron chi connectivity index (χ2n) is 4.15. The fourth-order valence-electron chi connectivity index (χ4n) is 1.55. The zero-order chi connectivity index (χ0) is 15.4. The molecule has 2 aromatic rings. The average Bonchev–Trinajstić information content (AvgIpc) is 2.41. The standard InChI is InChI=1S/C14H11F3N2OS/c15-8-1-3-12(10(16)5-8)19-14(20)7-21-13-4-2-9(18)6-11(13)17/h1-6H,7,18H2,(H,19,20). The van der Waals surface area contributed by atoms with E-state index in [2.05, 4.69) is 5.32 Å². The molecule has 0 aliphatic carbocycles. The van der Waals surface area contributed by atoms with Gasteiger partial charge in [-0.05, 0) is 30.3 Å². The third kappa shape index (κ3) is 4.16. The SMILES string of the molecule is Nc1ccc(SCC(=O)Nc2ccc(F)cc2F)c(F)c1. The Balaban J connectivity index is 1.96. The van der Waals surface area contributed by atoms with Crippen molar-refractivity contribution >= 4 is 29.0 Å². The number of rotatable bonds is 4. The van der Waals surface area contributed by atoms with E-state index < -0.39 is 23.4 Å². The highest BCUT2D eigenvalue weighted by atomic mass is 32.2. The molecular weight excluding hydrogens is 301 g/mol. The Morgan fingerprint density at radius 3 is 2.52 bits per heavy atom. The van der Waals surface area contributed by atoms with Gasteiger partial charge in [-0.2, -0.15) is 0 Å². The molecular formula is C14H11F3N2OS. The van der Waals surface area contributed by atoms with E-state index >= 15 is 0 Å². The smallest absolute Gasteiger partial charge is 0.234 e. The van der Waals surface area contributed by atoms with E-state index in [1.165, 1.54) is 12.1 Å². The molecule has 0 saturated carbocycles. The Labute approximate surface area is 123 Å². The van der Waals surface area contributed by atoms with Crippen LogP contribution in [0.25, 0.3) is 0 Å². The maximum atomic E-state index is 13.5. The van der Waals surface area contributed by atoms with E-state index in [1.807, 2.05) is 0 Å². The van der Waals surface area contributed by atoms with Gasteiger partial charge in [-0.3, -0.25) is 4.79 Å². The molecule has 21 heavy (non-hydrogen) atoms. The van der Waals surface area contributed by atoms with Crippen LogP contribution in [0.3, 0.4) is 0 Å². The minimum atomic E-state index is -0.869. The Kier molecular flexibility index (Phi) is 4.74. The molecule has 0 aliphatic heterocycles. The van der Waals surface area contributed by atoms with Gasteiger partial charge in [0.15, 0.2) is 0 Å². The van der Waals surface area contributed by atoms with Crippen LogP contribution in [-0.2, 0) is 4.79 Å². The molecule has 0 radical (unpaired) electrons. The zero-order valence-electron chi connectivity index (χ0n) is 10.7. The van der Waals surface area contributed by atoms with Gasteiger partial charge >= 0.3 is 0 Å². The number of nitrogens with two attached hydrogens (primary N) is 1. The second-order valence-corrected chi connectivity index (χ2v) is 5.17. The van der Waals surface area contributed by atoms with Gasteiger partial charge in [-0.1, -0.05) is 0 Å². The highest BCUT2D eigenvalue weighted by Gasteiger charge is 2.10. The minimum Gasteiger partial charge on any atom is -0.399 e. The first kappa shape index (κ1) is 15.2. The molecule has 0 saturated heterocycles. The Bertz CT molecular complexity index is 679. The lowest BCUT2D eigenvalue weighted by Crippen LogP contribution is -2.15. The Morgan fingerprint density at radius 1 is 1.10 bits per heavy atom. The molecule has 0 bridgehead atoms. The molecule has 0 aromatic heterocycles. The van der Waals surface area contributed by atoms with Crippen LogP contribution in [0, 0.1) is 17.5 Å². The first-order chi connectivity index (χ1) is 9.95. The number of benzene rings is 2. The van der Waals surface area contributed by atoms with Crippen molar-refractivity contribution in [1.82, 2.24) is 0 Å². The van der Waals surface area contributed by atoms with Crippen molar-refractivity contribution in [3.05, 3.63) is 53.8 Å². The predicted octanol–water partition coefficient (Wildman–Crippen LogP) is 3.42. The van der Waals surface area contributed by atoms with Gasteiger partial charge < -0.3 is 11.1 Å². The number of hydrogen-bond acceptors (Lipinski definition) is 3. The topological polar surface area (TPSA) is 55.1 Å². The number of carbonyl (C=O) groups excluding carboxylic acids is 1. The summed E-state index contributed by atoms with van der Waals surface area (Å²) in [5.41, 5.74) is 5.58. The van der Waals surface area contributed by atoms with Crippen LogP contribution < -0.4 is 11.1 Å². The number of nitrogen functional groups attached to an aromatic ring is 1. The number of halogens is 3. The number of anilines is 2. The van der Waals surface area contributed by atoms with Gasteiger partial charge in [0.05, 0.1) is 11.4 Å². The summed E-state index contributed by atoms with van der Waals surface area (Å²) in [5, 5.41) is 2.29. The van der Waals surface area contributed by atoms with Gasteiger partial charge in [0, 0.05) is 16.6 Å². The fraction of sp³-hybridized carbons (Fsp3) is 0.0714. The van der Waals surface area contributed by atoms with Gasteiger partial charge in [0.2, 0.25) is 5.91 Å². The van der Waals surface area contributed by atoms with E-state index in [0.29, 0.717) is 6.07 Å². The van der Waals surface area contributed by atoms with Crippen LogP contribution in [0.4, 0.5) is 24.5 Å². The van der Waals surface area contributed by atoms with Crippen molar-refractivity contribution in [1.29, 1.82) is 0 Å². The Morgan fingerprint density at radius 2 is 1.86 bits per heavy atom. The summed E-state index contributed by atoms with van der Waals surface area (Å²) in [4.78, 5) is 11.9. The molecule has 0 heterocycles. The van der Waals surface area contributed by atoms with Crippen LogP contribution in [0.15, 0.2) is 41.3 Å². The first-order valence-corrected chi connectivity index (χ1v) is 6.87. The van der Waals surface area contributed by atoms with Crippen LogP contribution >= 0.6 is 11.8 Å². The van der Waals surface area contributed by atoms with Crippen molar-refractivity contribution < 1.29 is 18.0 Å². The maximum Gasteiger partial charge on any atom is 0.234 e. The number of nitrogens with one attached hydrogen (secondary N) is 1. The van der Waals surface area contributed by atoms with Gasteiger partial charge in [0.1, 0.15) is 17.5 Å². The largest absolute Gasteiger partial charge is 0.399 e. The molecule has 2 rings (SSSR count). The van der Waals surface area contributed by atoms with Gasteiger partial charge in [-0.15, -0.1) is 11.8 Å². The summed E-state index contributed by atoms with van der Waals surface area (Å²) in [7, 11) is 0. The molecule has 7 heteroatoms. The summed E-state index contributed by atoms with van der Waals surface area (Å²) in [6.45, 7) is 0. The number of amides is 1. The molecule has 0 spiro atoms. The first-order valence-electron chi connectivity index (χ1n) is 5.88.